The molecule has 1 aliphatic heterocycles. The third kappa shape index (κ3) is 3.76. The SMILES string of the molecule is CCN(Cc1ccc2[nH]ccc2c1)C(=O)N[C@H](C)c1ccc2c(c1)OCCO2. The molecule has 0 fully saturated rings. The molecule has 2 heterocycles. The zero-order chi connectivity index (χ0) is 19.5. The zero-order valence-electron chi connectivity index (χ0n) is 16.2. The van der Waals surface area contributed by atoms with Gasteiger partial charge in [-0.1, -0.05) is 12.1 Å². The van der Waals surface area contributed by atoms with Crippen LogP contribution < -0.4 is 14.8 Å². The summed E-state index contributed by atoms with van der Waals surface area (Å²) < 4.78 is 11.2. The number of benzene rings is 2. The van der Waals surface area contributed by atoms with E-state index in [2.05, 4.69) is 22.4 Å². The van der Waals surface area contributed by atoms with Gasteiger partial charge in [-0.15, -0.1) is 0 Å². The Kier molecular flexibility index (Phi) is 5.10. The van der Waals surface area contributed by atoms with Crippen LogP contribution in [0.3, 0.4) is 0 Å². The molecule has 0 aliphatic carbocycles. The van der Waals surface area contributed by atoms with Gasteiger partial charge in [0.05, 0.1) is 6.04 Å². The fourth-order valence-corrected chi connectivity index (χ4v) is 3.44. The molecule has 2 aromatic carbocycles. The number of H-pyrrole nitrogens is 1. The van der Waals surface area contributed by atoms with Crippen molar-refractivity contribution < 1.29 is 14.3 Å². The second-order valence-electron chi connectivity index (χ2n) is 6.99. The van der Waals surface area contributed by atoms with E-state index in [4.69, 9.17) is 9.47 Å². The predicted octanol–water partition coefficient (Wildman–Crippen LogP) is 4.23. The molecular weight excluding hydrogens is 354 g/mol. The summed E-state index contributed by atoms with van der Waals surface area (Å²) in [4.78, 5) is 17.8. The number of aromatic amines is 1. The van der Waals surface area contributed by atoms with E-state index in [0.29, 0.717) is 26.3 Å². The number of amides is 2. The molecule has 0 radical (unpaired) electrons. The molecule has 0 spiro atoms. The van der Waals surface area contributed by atoms with Crippen molar-refractivity contribution in [1.29, 1.82) is 0 Å². The summed E-state index contributed by atoms with van der Waals surface area (Å²) in [5.41, 5.74) is 3.20. The quantitative estimate of drug-likeness (QED) is 0.697. The number of carbonyl (C=O) groups excluding carboxylic acids is 1. The normalized spacial score (nSPS) is 13.9. The van der Waals surface area contributed by atoms with Crippen LogP contribution in [0.4, 0.5) is 4.79 Å². The van der Waals surface area contributed by atoms with E-state index in [1.165, 1.54) is 0 Å². The van der Waals surface area contributed by atoms with Crippen LogP contribution in [-0.4, -0.2) is 35.7 Å². The molecule has 6 heteroatoms. The van der Waals surface area contributed by atoms with Crippen molar-refractivity contribution in [2.45, 2.75) is 26.4 Å². The molecule has 4 rings (SSSR count). The van der Waals surface area contributed by atoms with Crippen LogP contribution in [0, 0.1) is 0 Å². The lowest BCUT2D eigenvalue weighted by atomic mass is 10.1. The van der Waals surface area contributed by atoms with Crippen LogP contribution in [0.2, 0.25) is 0 Å². The largest absolute Gasteiger partial charge is 0.486 e. The fraction of sp³-hybridized carbons (Fsp3) is 0.318. The molecule has 0 unspecified atom stereocenters. The minimum Gasteiger partial charge on any atom is -0.486 e. The summed E-state index contributed by atoms with van der Waals surface area (Å²) in [6.07, 6.45) is 1.92. The fourth-order valence-electron chi connectivity index (χ4n) is 3.44. The van der Waals surface area contributed by atoms with Crippen LogP contribution in [0.1, 0.15) is 31.0 Å². The lowest BCUT2D eigenvalue weighted by Crippen LogP contribution is -2.40. The van der Waals surface area contributed by atoms with Gasteiger partial charge in [0, 0.05) is 24.8 Å². The molecule has 0 saturated carbocycles. The first kappa shape index (κ1) is 18.2. The molecule has 1 aliphatic rings. The summed E-state index contributed by atoms with van der Waals surface area (Å²) in [7, 11) is 0. The summed E-state index contributed by atoms with van der Waals surface area (Å²) in [6, 6.07) is 13.8. The highest BCUT2D eigenvalue weighted by atomic mass is 16.6. The molecule has 1 aromatic heterocycles. The van der Waals surface area contributed by atoms with E-state index in [0.717, 1.165) is 33.5 Å². The Hall–Kier alpha value is -3.15. The lowest BCUT2D eigenvalue weighted by molar-refractivity contribution is 0.171. The Labute approximate surface area is 164 Å². The third-order valence-electron chi connectivity index (χ3n) is 5.07. The van der Waals surface area contributed by atoms with Crippen LogP contribution >= 0.6 is 0 Å². The average molecular weight is 379 g/mol. The Bertz CT molecular complexity index is 982. The first-order valence-corrected chi connectivity index (χ1v) is 9.65. The highest BCUT2D eigenvalue weighted by Gasteiger charge is 2.18. The highest BCUT2D eigenvalue weighted by molar-refractivity contribution is 5.80. The van der Waals surface area contributed by atoms with E-state index in [1.807, 2.05) is 55.3 Å². The number of aromatic nitrogens is 1. The first-order chi connectivity index (χ1) is 13.6. The number of rotatable bonds is 5. The van der Waals surface area contributed by atoms with Crippen LogP contribution in [0.15, 0.2) is 48.7 Å². The lowest BCUT2D eigenvalue weighted by Gasteiger charge is -2.25. The van der Waals surface area contributed by atoms with Gasteiger partial charge in [0.2, 0.25) is 0 Å². The van der Waals surface area contributed by atoms with Crippen molar-refractivity contribution in [2.24, 2.45) is 0 Å². The predicted molar refractivity (Wildman–Crippen MR) is 109 cm³/mol. The standard InChI is InChI=1S/C22H25N3O3/c1-3-25(14-16-4-6-19-18(12-16)8-9-23-19)22(26)24-15(2)17-5-7-20-21(13-17)28-11-10-27-20/h4-9,12-13,15,23H,3,10-11,14H2,1-2H3,(H,24,26)/t15-/m1/s1. The Balaban J connectivity index is 1.43. The van der Waals surface area contributed by atoms with E-state index < -0.39 is 0 Å². The van der Waals surface area contributed by atoms with Crippen molar-refractivity contribution in [2.75, 3.05) is 19.8 Å². The van der Waals surface area contributed by atoms with Gasteiger partial charge in [-0.05, 0) is 60.7 Å². The van der Waals surface area contributed by atoms with Crippen molar-refractivity contribution >= 4 is 16.9 Å². The number of nitrogens with one attached hydrogen (secondary N) is 2. The molecule has 28 heavy (non-hydrogen) atoms. The molecule has 6 nitrogen and oxygen atoms in total. The third-order valence-corrected chi connectivity index (χ3v) is 5.07. The Morgan fingerprint density at radius 2 is 1.96 bits per heavy atom. The second-order valence-corrected chi connectivity index (χ2v) is 6.99. The molecule has 146 valence electrons. The number of ether oxygens (including phenoxy) is 2. The van der Waals surface area contributed by atoms with Gasteiger partial charge in [0.1, 0.15) is 13.2 Å². The average Bonchev–Trinajstić information content (AvgIpc) is 3.19. The van der Waals surface area contributed by atoms with E-state index in [-0.39, 0.29) is 12.1 Å². The van der Waals surface area contributed by atoms with Gasteiger partial charge < -0.3 is 24.7 Å². The first-order valence-electron chi connectivity index (χ1n) is 9.65. The zero-order valence-corrected chi connectivity index (χ0v) is 16.2. The van der Waals surface area contributed by atoms with Gasteiger partial charge >= 0.3 is 6.03 Å². The molecule has 0 saturated heterocycles. The van der Waals surface area contributed by atoms with Crippen molar-refractivity contribution in [3.63, 3.8) is 0 Å². The molecule has 1 atom stereocenters. The number of fused-ring (bicyclic) bond motifs is 2. The number of hydrogen-bond acceptors (Lipinski definition) is 3. The maximum absolute atomic E-state index is 12.8. The monoisotopic (exact) mass is 379 g/mol. The number of nitrogens with zero attached hydrogens (tertiary/aromatic N) is 1. The van der Waals surface area contributed by atoms with Crippen LogP contribution in [0.5, 0.6) is 11.5 Å². The topological polar surface area (TPSA) is 66.6 Å². The maximum atomic E-state index is 12.8. The van der Waals surface area contributed by atoms with Gasteiger partial charge in [0.15, 0.2) is 11.5 Å². The number of urea groups is 1. The molecule has 3 aromatic rings. The second kappa shape index (κ2) is 7.84. The summed E-state index contributed by atoms with van der Waals surface area (Å²) in [5, 5.41) is 4.24. The molecule has 0 bridgehead atoms. The van der Waals surface area contributed by atoms with E-state index >= 15 is 0 Å². The Morgan fingerprint density at radius 3 is 2.79 bits per heavy atom. The smallest absolute Gasteiger partial charge is 0.318 e. The van der Waals surface area contributed by atoms with Crippen molar-refractivity contribution in [3.05, 3.63) is 59.8 Å². The van der Waals surface area contributed by atoms with Crippen molar-refractivity contribution in [3.8, 4) is 11.5 Å². The van der Waals surface area contributed by atoms with Crippen LogP contribution in [-0.2, 0) is 6.54 Å². The van der Waals surface area contributed by atoms with E-state index in [9.17, 15) is 4.79 Å². The molecular formula is C22H25N3O3. The van der Waals surface area contributed by atoms with Gasteiger partial charge in [-0.2, -0.15) is 0 Å². The minimum atomic E-state index is -0.135. The maximum Gasteiger partial charge on any atom is 0.318 e. The van der Waals surface area contributed by atoms with E-state index in [1.54, 1.807) is 0 Å². The number of carbonyl (C=O) groups is 1. The summed E-state index contributed by atoms with van der Waals surface area (Å²) in [6.45, 7) is 6.28. The summed E-state index contributed by atoms with van der Waals surface area (Å²) >= 11 is 0. The summed E-state index contributed by atoms with van der Waals surface area (Å²) in [5.74, 6) is 1.49. The van der Waals surface area contributed by atoms with Crippen LogP contribution in [0.25, 0.3) is 10.9 Å². The highest BCUT2D eigenvalue weighted by Crippen LogP contribution is 2.32. The van der Waals surface area contributed by atoms with Crippen molar-refractivity contribution in [1.82, 2.24) is 15.2 Å². The van der Waals surface area contributed by atoms with Gasteiger partial charge in [0.25, 0.3) is 0 Å². The molecule has 2 N–H and O–H groups in total. The minimum absolute atomic E-state index is 0.0842. The number of hydrogen-bond donors (Lipinski definition) is 2. The molecule has 2 amide bonds. The van der Waals surface area contributed by atoms with Gasteiger partial charge in [-0.3, -0.25) is 0 Å². The Morgan fingerprint density at radius 1 is 1.14 bits per heavy atom. The van der Waals surface area contributed by atoms with Gasteiger partial charge in [-0.25, -0.2) is 4.79 Å².